The van der Waals surface area contributed by atoms with Gasteiger partial charge in [-0.25, -0.2) is 0 Å². The average molecular weight is 427 g/mol. The zero-order valence-electron chi connectivity index (χ0n) is 19.5. The molecular weight excluding hydrogens is 384 g/mol. The molecule has 1 aromatic rings. The van der Waals surface area contributed by atoms with Gasteiger partial charge in [0.05, 0.1) is 8.07 Å². The summed E-state index contributed by atoms with van der Waals surface area (Å²) in [5.74, 6) is 0.580. The third kappa shape index (κ3) is 5.71. The van der Waals surface area contributed by atoms with E-state index in [2.05, 4.69) is 92.0 Å². The Morgan fingerprint density at radius 2 is 1.52 bits per heavy atom. The Hall–Kier alpha value is -0.0962. The maximum atomic E-state index is 7.12. The van der Waals surface area contributed by atoms with Crippen LogP contribution in [-0.2, 0) is 10.3 Å². The van der Waals surface area contributed by atoms with Gasteiger partial charge >= 0.3 is 0 Å². The van der Waals surface area contributed by atoms with Gasteiger partial charge in [0.1, 0.15) is 0 Å². The molecule has 27 heavy (non-hydrogen) atoms. The highest BCUT2D eigenvalue weighted by Gasteiger charge is 2.51. The molecular formula is C23H43ClOSi2. The minimum Gasteiger partial charge on any atom is -0.415 e. The molecule has 0 spiro atoms. The van der Waals surface area contributed by atoms with Gasteiger partial charge in [-0.05, 0) is 55.1 Å². The normalized spacial score (nSPS) is 15.1. The van der Waals surface area contributed by atoms with Crippen LogP contribution in [0.15, 0.2) is 24.3 Å². The molecule has 0 aliphatic rings. The number of rotatable bonds is 10. The molecule has 0 bridgehead atoms. The standard InChI is InChI=1S/C23H43ClOSi2/c1-11-12-17-22(3,4)27(9,10)25-23(5,6)26(7,8)19(2)21-15-13-20(18-24)14-16-21/h13-16,19H,11-12,17-18H2,1-10H3. The van der Waals surface area contributed by atoms with Gasteiger partial charge < -0.3 is 4.43 Å². The molecule has 156 valence electrons. The van der Waals surface area contributed by atoms with E-state index in [0.29, 0.717) is 11.4 Å². The van der Waals surface area contributed by atoms with E-state index in [1.54, 1.807) is 0 Å². The van der Waals surface area contributed by atoms with E-state index in [0.717, 1.165) is 0 Å². The summed E-state index contributed by atoms with van der Waals surface area (Å²) in [5, 5.41) is 0.215. The topological polar surface area (TPSA) is 9.23 Å². The van der Waals surface area contributed by atoms with E-state index in [9.17, 15) is 0 Å². The highest BCUT2D eigenvalue weighted by Crippen LogP contribution is 2.47. The number of unbranched alkanes of at least 4 members (excludes halogenated alkanes) is 1. The molecule has 0 aliphatic carbocycles. The van der Waals surface area contributed by atoms with Crippen molar-refractivity contribution in [3.63, 3.8) is 0 Å². The molecule has 0 N–H and O–H groups in total. The van der Waals surface area contributed by atoms with Gasteiger partial charge in [-0.2, -0.15) is 0 Å². The molecule has 1 unspecified atom stereocenters. The lowest BCUT2D eigenvalue weighted by Gasteiger charge is -2.51. The first kappa shape index (κ1) is 24.9. The molecule has 4 heteroatoms. The minimum absolute atomic E-state index is 0.0726. The summed E-state index contributed by atoms with van der Waals surface area (Å²) in [6, 6.07) is 8.87. The van der Waals surface area contributed by atoms with E-state index >= 15 is 0 Å². The number of alkyl halides is 1. The molecule has 0 aliphatic heterocycles. The number of hydrogen-bond donors (Lipinski definition) is 0. The van der Waals surface area contributed by atoms with E-state index in [-0.39, 0.29) is 10.3 Å². The van der Waals surface area contributed by atoms with Crippen molar-refractivity contribution in [2.75, 3.05) is 0 Å². The van der Waals surface area contributed by atoms with Crippen LogP contribution in [0.1, 0.15) is 77.5 Å². The van der Waals surface area contributed by atoms with Crippen molar-refractivity contribution in [3.05, 3.63) is 35.4 Å². The highest BCUT2D eigenvalue weighted by molar-refractivity contribution is 6.83. The van der Waals surface area contributed by atoms with Crippen LogP contribution >= 0.6 is 11.6 Å². The van der Waals surface area contributed by atoms with E-state index in [4.69, 9.17) is 16.0 Å². The first-order chi connectivity index (χ1) is 12.2. The van der Waals surface area contributed by atoms with E-state index < -0.39 is 16.4 Å². The lowest BCUT2D eigenvalue weighted by atomic mass is 10.1. The molecule has 1 rings (SSSR count). The lowest BCUT2D eigenvalue weighted by Crippen LogP contribution is -2.61. The quantitative estimate of drug-likeness (QED) is 0.270. The Kier molecular flexibility index (Phi) is 8.45. The predicted octanol–water partition coefficient (Wildman–Crippen LogP) is 8.29. The minimum atomic E-state index is -1.86. The van der Waals surface area contributed by atoms with Crippen LogP contribution in [-0.4, -0.2) is 21.6 Å². The van der Waals surface area contributed by atoms with Crippen LogP contribution in [0.5, 0.6) is 0 Å². The van der Waals surface area contributed by atoms with Crippen LogP contribution in [0.25, 0.3) is 0 Å². The third-order valence-electron chi connectivity index (χ3n) is 7.56. The molecule has 0 aromatic heterocycles. The Labute approximate surface area is 176 Å². The molecule has 1 nitrogen and oxygen atoms in total. The first-order valence-corrected chi connectivity index (χ1v) is 17.1. The van der Waals surface area contributed by atoms with Crippen molar-refractivity contribution < 1.29 is 4.43 Å². The third-order valence-corrected chi connectivity index (χ3v) is 18.3. The highest BCUT2D eigenvalue weighted by atomic mass is 35.5. The summed E-state index contributed by atoms with van der Waals surface area (Å²) in [6.07, 6.45) is 3.81. The summed E-state index contributed by atoms with van der Waals surface area (Å²) in [4.78, 5) is 0. The van der Waals surface area contributed by atoms with Crippen molar-refractivity contribution in [3.8, 4) is 0 Å². The van der Waals surface area contributed by atoms with Crippen molar-refractivity contribution in [1.29, 1.82) is 0 Å². The maximum absolute atomic E-state index is 7.12. The van der Waals surface area contributed by atoms with Crippen molar-refractivity contribution in [2.45, 2.75) is 109 Å². The largest absolute Gasteiger partial charge is 0.415 e. The van der Waals surface area contributed by atoms with E-state index in [1.165, 1.54) is 30.4 Å². The molecule has 0 amide bonds. The smallest absolute Gasteiger partial charge is 0.192 e. The fourth-order valence-electron chi connectivity index (χ4n) is 3.66. The van der Waals surface area contributed by atoms with Crippen LogP contribution in [0, 0.1) is 0 Å². The van der Waals surface area contributed by atoms with Crippen LogP contribution in [0.3, 0.4) is 0 Å². The predicted molar refractivity (Wildman–Crippen MR) is 128 cm³/mol. The zero-order valence-corrected chi connectivity index (χ0v) is 22.3. The van der Waals surface area contributed by atoms with Gasteiger partial charge in [0.2, 0.25) is 0 Å². The Morgan fingerprint density at radius 1 is 1.00 bits per heavy atom. The van der Waals surface area contributed by atoms with Crippen LogP contribution in [0.4, 0.5) is 0 Å². The van der Waals surface area contributed by atoms with Gasteiger partial charge in [0.25, 0.3) is 0 Å². The Bertz CT molecular complexity index is 591. The first-order valence-electron chi connectivity index (χ1n) is 10.6. The fourth-order valence-corrected chi connectivity index (χ4v) is 10.1. The average Bonchev–Trinajstić information content (AvgIpc) is 2.58. The number of hydrogen-bond acceptors (Lipinski definition) is 1. The second kappa shape index (κ2) is 9.15. The lowest BCUT2D eigenvalue weighted by molar-refractivity contribution is 0.158. The van der Waals surface area contributed by atoms with Gasteiger partial charge in [-0.15, -0.1) is 11.6 Å². The van der Waals surface area contributed by atoms with Crippen molar-refractivity contribution in [1.82, 2.24) is 0 Å². The molecule has 0 saturated carbocycles. The summed E-state index contributed by atoms with van der Waals surface area (Å²) in [6.45, 7) is 24.1. The molecule has 0 radical (unpaired) electrons. The molecule has 0 fully saturated rings. The summed E-state index contributed by atoms with van der Waals surface area (Å²) in [7, 11) is -3.60. The van der Waals surface area contributed by atoms with Crippen LogP contribution in [0.2, 0.25) is 31.2 Å². The molecule has 1 aromatic carbocycles. The Balaban J connectivity index is 3.07. The van der Waals surface area contributed by atoms with Gasteiger partial charge in [-0.1, -0.05) is 77.9 Å². The second-order valence-electron chi connectivity index (χ2n) is 10.4. The monoisotopic (exact) mass is 426 g/mol. The summed E-state index contributed by atoms with van der Waals surface area (Å²) < 4.78 is 7.12. The van der Waals surface area contributed by atoms with Crippen molar-refractivity contribution >= 4 is 28.0 Å². The molecule has 1 atom stereocenters. The van der Waals surface area contributed by atoms with E-state index in [1.807, 2.05) is 0 Å². The summed E-state index contributed by atoms with van der Waals surface area (Å²) in [5.41, 5.74) is 3.14. The van der Waals surface area contributed by atoms with Gasteiger partial charge in [-0.3, -0.25) is 0 Å². The van der Waals surface area contributed by atoms with Gasteiger partial charge in [0, 0.05) is 11.1 Å². The van der Waals surface area contributed by atoms with Crippen molar-refractivity contribution in [2.24, 2.45) is 0 Å². The SMILES string of the molecule is CCCCC(C)(C)[Si](C)(C)OC(C)(C)[Si](C)(C)C(C)c1ccc(CCl)cc1. The van der Waals surface area contributed by atoms with Gasteiger partial charge in [0.15, 0.2) is 8.32 Å². The molecule has 0 saturated heterocycles. The zero-order chi connectivity index (χ0) is 21.1. The number of benzene rings is 1. The maximum Gasteiger partial charge on any atom is 0.192 e. The fraction of sp³-hybridized carbons (Fsp3) is 0.739. The second-order valence-corrected chi connectivity index (χ2v) is 20.8. The molecule has 0 heterocycles. The number of halogens is 1. The van der Waals surface area contributed by atoms with Crippen LogP contribution < -0.4 is 0 Å². The Morgan fingerprint density at radius 3 is 1.96 bits per heavy atom. The summed E-state index contributed by atoms with van der Waals surface area (Å²) >= 11 is 5.97.